The van der Waals surface area contributed by atoms with Crippen LogP contribution in [0.3, 0.4) is 0 Å². The van der Waals surface area contributed by atoms with Crippen molar-refractivity contribution in [2.75, 3.05) is 11.9 Å². The Morgan fingerprint density at radius 1 is 1.54 bits per heavy atom. The van der Waals surface area contributed by atoms with Crippen molar-refractivity contribution in [3.63, 3.8) is 0 Å². The second kappa shape index (κ2) is 3.14. The molecule has 0 spiro atoms. The van der Waals surface area contributed by atoms with Gasteiger partial charge in [-0.15, -0.1) is 0 Å². The van der Waals surface area contributed by atoms with E-state index in [9.17, 15) is 4.79 Å². The van der Waals surface area contributed by atoms with Gasteiger partial charge in [-0.05, 0) is 17.2 Å². The van der Waals surface area contributed by atoms with Gasteiger partial charge in [-0.2, -0.15) is 0 Å². The van der Waals surface area contributed by atoms with E-state index in [1.165, 1.54) is 5.56 Å². The zero-order valence-electron chi connectivity index (χ0n) is 7.38. The number of carbonyl (C=O) groups is 1. The van der Waals surface area contributed by atoms with E-state index in [2.05, 4.69) is 22.0 Å². The fourth-order valence-electron chi connectivity index (χ4n) is 1.61. The monoisotopic (exact) mass is 239 g/mol. The Kier molecular flexibility index (Phi) is 2.12. The van der Waals surface area contributed by atoms with E-state index < -0.39 is 0 Å². The first-order valence-corrected chi connectivity index (χ1v) is 5.29. The number of amides is 1. The van der Waals surface area contributed by atoms with E-state index in [0.29, 0.717) is 6.42 Å². The zero-order chi connectivity index (χ0) is 9.42. The van der Waals surface area contributed by atoms with E-state index in [-0.39, 0.29) is 5.91 Å². The fourth-order valence-corrected chi connectivity index (χ4v) is 1.96. The minimum Gasteiger partial charge on any atom is -0.315 e. The van der Waals surface area contributed by atoms with Gasteiger partial charge in [0.15, 0.2) is 0 Å². The largest absolute Gasteiger partial charge is 0.315 e. The molecule has 1 amide bonds. The lowest BCUT2D eigenvalue weighted by Gasteiger charge is -2.09. The van der Waals surface area contributed by atoms with Crippen LogP contribution in [0.4, 0.5) is 5.69 Å². The van der Waals surface area contributed by atoms with Crippen molar-refractivity contribution in [2.45, 2.75) is 11.8 Å². The van der Waals surface area contributed by atoms with Gasteiger partial charge in [0.25, 0.3) is 0 Å². The molecule has 0 saturated heterocycles. The van der Waals surface area contributed by atoms with Crippen LogP contribution >= 0.6 is 15.9 Å². The summed E-state index contributed by atoms with van der Waals surface area (Å²) in [5, 5.41) is 0.845. The van der Waals surface area contributed by atoms with Crippen LogP contribution in [-0.4, -0.2) is 13.0 Å². The zero-order valence-corrected chi connectivity index (χ0v) is 8.97. The molecule has 1 aromatic carbocycles. The highest BCUT2D eigenvalue weighted by molar-refractivity contribution is 9.08. The maximum absolute atomic E-state index is 11.3. The third kappa shape index (κ3) is 1.37. The lowest BCUT2D eigenvalue weighted by Crippen LogP contribution is -2.20. The molecule has 3 heteroatoms. The molecule has 0 fully saturated rings. The van der Waals surface area contributed by atoms with Gasteiger partial charge in [0, 0.05) is 18.1 Å². The molecule has 2 nitrogen and oxygen atoms in total. The van der Waals surface area contributed by atoms with Crippen molar-refractivity contribution in [3.8, 4) is 0 Å². The molecule has 2 rings (SSSR count). The third-order valence-corrected chi connectivity index (χ3v) is 3.02. The second-order valence-electron chi connectivity index (χ2n) is 3.23. The number of halogens is 1. The molecule has 68 valence electrons. The summed E-state index contributed by atoms with van der Waals surface area (Å²) in [5.74, 6) is 0.182. The predicted molar refractivity (Wildman–Crippen MR) is 56.2 cm³/mol. The lowest BCUT2D eigenvalue weighted by molar-refractivity contribution is -0.117. The minimum absolute atomic E-state index is 0.182. The molecule has 13 heavy (non-hydrogen) atoms. The number of benzene rings is 1. The van der Waals surface area contributed by atoms with Crippen molar-refractivity contribution < 1.29 is 4.79 Å². The van der Waals surface area contributed by atoms with Crippen molar-refractivity contribution in [1.82, 2.24) is 0 Å². The van der Waals surface area contributed by atoms with E-state index in [1.54, 1.807) is 4.90 Å². The minimum atomic E-state index is 0.182. The SMILES string of the molecule is CN1C(=O)Cc2cc(CBr)ccc21. The Balaban J connectivity index is 2.46. The molecule has 1 heterocycles. The topological polar surface area (TPSA) is 20.3 Å². The quantitative estimate of drug-likeness (QED) is 0.688. The van der Waals surface area contributed by atoms with Gasteiger partial charge in [-0.1, -0.05) is 28.1 Å². The summed E-state index contributed by atoms with van der Waals surface area (Å²) in [7, 11) is 1.82. The van der Waals surface area contributed by atoms with Crippen LogP contribution in [0.25, 0.3) is 0 Å². The number of fused-ring (bicyclic) bond motifs is 1. The summed E-state index contributed by atoms with van der Waals surface area (Å²) in [6.45, 7) is 0. The molecule has 0 radical (unpaired) electrons. The first kappa shape index (κ1) is 8.75. The van der Waals surface area contributed by atoms with Crippen LogP contribution in [0.2, 0.25) is 0 Å². The van der Waals surface area contributed by atoms with Crippen LogP contribution in [0.15, 0.2) is 18.2 Å². The summed E-state index contributed by atoms with van der Waals surface area (Å²) in [6.07, 6.45) is 0.548. The molecule has 0 atom stereocenters. The van der Waals surface area contributed by atoms with Gasteiger partial charge >= 0.3 is 0 Å². The number of alkyl halides is 1. The molecule has 1 aliphatic heterocycles. The molecule has 0 aliphatic carbocycles. The number of hydrogen-bond acceptors (Lipinski definition) is 1. The van der Waals surface area contributed by atoms with Crippen LogP contribution in [0.5, 0.6) is 0 Å². The number of likely N-dealkylation sites (N-methyl/N-ethyl adjacent to an activating group) is 1. The van der Waals surface area contributed by atoms with Crippen LogP contribution in [-0.2, 0) is 16.5 Å². The maximum atomic E-state index is 11.3. The summed E-state index contributed by atoms with van der Waals surface area (Å²) in [6, 6.07) is 6.14. The Labute approximate surface area is 85.7 Å². The normalized spacial score (nSPS) is 14.9. The molecular weight excluding hydrogens is 230 g/mol. The average Bonchev–Trinajstić information content (AvgIpc) is 2.42. The number of anilines is 1. The van der Waals surface area contributed by atoms with Crippen molar-refractivity contribution in [2.24, 2.45) is 0 Å². The maximum Gasteiger partial charge on any atom is 0.231 e. The van der Waals surface area contributed by atoms with Crippen LogP contribution < -0.4 is 4.90 Å². The standard InChI is InChI=1S/C10H10BrNO/c1-12-9-3-2-7(6-11)4-8(9)5-10(12)13/h2-4H,5-6H2,1H3. The average molecular weight is 240 g/mol. The van der Waals surface area contributed by atoms with Crippen molar-refractivity contribution in [3.05, 3.63) is 29.3 Å². The molecule has 0 unspecified atom stereocenters. The van der Waals surface area contributed by atoms with E-state index >= 15 is 0 Å². The molecular formula is C10H10BrNO. The highest BCUT2D eigenvalue weighted by Crippen LogP contribution is 2.28. The summed E-state index contributed by atoms with van der Waals surface area (Å²) in [5.41, 5.74) is 3.42. The smallest absolute Gasteiger partial charge is 0.231 e. The molecule has 0 saturated carbocycles. The summed E-state index contributed by atoms with van der Waals surface area (Å²) < 4.78 is 0. The summed E-state index contributed by atoms with van der Waals surface area (Å²) >= 11 is 3.40. The highest BCUT2D eigenvalue weighted by Gasteiger charge is 2.23. The van der Waals surface area contributed by atoms with Gasteiger partial charge in [0.1, 0.15) is 0 Å². The Bertz CT molecular complexity index is 362. The molecule has 1 aromatic rings. The molecule has 0 aromatic heterocycles. The number of nitrogens with zero attached hydrogens (tertiary/aromatic N) is 1. The number of carbonyl (C=O) groups excluding carboxylic acids is 1. The van der Waals surface area contributed by atoms with Gasteiger partial charge in [0.05, 0.1) is 6.42 Å². The lowest BCUT2D eigenvalue weighted by atomic mass is 10.1. The van der Waals surface area contributed by atoms with Crippen LogP contribution in [0, 0.1) is 0 Å². The van der Waals surface area contributed by atoms with Gasteiger partial charge in [0.2, 0.25) is 5.91 Å². The van der Waals surface area contributed by atoms with Gasteiger partial charge in [-0.3, -0.25) is 4.79 Å². The first-order valence-electron chi connectivity index (χ1n) is 4.16. The van der Waals surface area contributed by atoms with Crippen LogP contribution in [0.1, 0.15) is 11.1 Å². The third-order valence-electron chi connectivity index (χ3n) is 2.38. The Hall–Kier alpha value is -0.830. The molecule has 0 N–H and O–H groups in total. The Morgan fingerprint density at radius 2 is 2.31 bits per heavy atom. The van der Waals surface area contributed by atoms with Crippen molar-refractivity contribution >= 4 is 27.5 Å². The fraction of sp³-hybridized carbons (Fsp3) is 0.300. The second-order valence-corrected chi connectivity index (χ2v) is 3.79. The molecule has 0 bridgehead atoms. The van der Waals surface area contributed by atoms with E-state index in [4.69, 9.17) is 0 Å². The van der Waals surface area contributed by atoms with Gasteiger partial charge in [-0.25, -0.2) is 0 Å². The van der Waals surface area contributed by atoms with Crippen molar-refractivity contribution in [1.29, 1.82) is 0 Å². The van der Waals surface area contributed by atoms with Gasteiger partial charge < -0.3 is 4.90 Å². The summed E-state index contributed by atoms with van der Waals surface area (Å²) in [4.78, 5) is 13.1. The Morgan fingerprint density at radius 3 is 3.00 bits per heavy atom. The predicted octanol–water partition coefficient (Wildman–Crippen LogP) is 2.10. The highest BCUT2D eigenvalue weighted by atomic mass is 79.9. The number of rotatable bonds is 1. The first-order chi connectivity index (χ1) is 6.22. The number of hydrogen-bond donors (Lipinski definition) is 0. The molecule has 1 aliphatic rings. The van der Waals surface area contributed by atoms with E-state index in [1.807, 2.05) is 19.2 Å². The van der Waals surface area contributed by atoms with E-state index in [0.717, 1.165) is 16.6 Å².